The van der Waals surface area contributed by atoms with Crippen LogP contribution in [0.4, 0.5) is 0 Å². The van der Waals surface area contributed by atoms with Crippen LogP contribution in [0.2, 0.25) is 0 Å². The molecule has 1 heterocycles. The number of hydrogen-bond acceptors (Lipinski definition) is 3. The molecule has 1 aliphatic carbocycles. The Bertz CT molecular complexity index is 281. The van der Waals surface area contributed by atoms with E-state index in [1.165, 1.54) is 25.7 Å². The number of nitrogens with two attached hydrogens (primary N) is 1. The van der Waals surface area contributed by atoms with Gasteiger partial charge in [0.1, 0.15) is 0 Å². The van der Waals surface area contributed by atoms with Crippen molar-refractivity contribution in [3.05, 3.63) is 0 Å². The Labute approximate surface area is 117 Å². The molecule has 0 aromatic rings. The van der Waals surface area contributed by atoms with E-state index in [2.05, 4.69) is 16.7 Å². The first-order valence-corrected chi connectivity index (χ1v) is 7.92. The standard InChI is InChI=1S/C15H29N3O/c1-13(12-16)6-7-15(19)18-10-8-17(9-11-18)14-4-2-3-5-14/h13-14H,2-12,16H2,1H3. The lowest BCUT2D eigenvalue weighted by molar-refractivity contribution is -0.133. The van der Waals surface area contributed by atoms with Crippen LogP contribution >= 0.6 is 0 Å². The predicted octanol–water partition coefficient (Wildman–Crippen LogP) is 1.45. The fourth-order valence-electron chi connectivity index (χ4n) is 3.25. The lowest BCUT2D eigenvalue weighted by Gasteiger charge is -2.38. The Hall–Kier alpha value is -0.610. The molecule has 19 heavy (non-hydrogen) atoms. The van der Waals surface area contributed by atoms with Crippen molar-refractivity contribution in [2.75, 3.05) is 32.7 Å². The van der Waals surface area contributed by atoms with E-state index in [0.717, 1.165) is 38.6 Å². The van der Waals surface area contributed by atoms with Gasteiger partial charge < -0.3 is 10.6 Å². The Kier molecular flexibility index (Phi) is 5.64. The molecular weight excluding hydrogens is 238 g/mol. The number of piperazine rings is 1. The Balaban J connectivity index is 1.68. The summed E-state index contributed by atoms with van der Waals surface area (Å²) in [6, 6.07) is 0.800. The van der Waals surface area contributed by atoms with E-state index >= 15 is 0 Å². The molecule has 0 aromatic heterocycles. The van der Waals surface area contributed by atoms with Gasteiger partial charge in [-0.25, -0.2) is 0 Å². The molecule has 0 bridgehead atoms. The zero-order valence-corrected chi connectivity index (χ0v) is 12.3. The van der Waals surface area contributed by atoms with E-state index in [1.807, 2.05) is 0 Å². The van der Waals surface area contributed by atoms with E-state index in [-0.39, 0.29) is 0 Å². The molecule has 1 aliphatic heterocycles. The lowest BCUT2D eigenvalue weighted by Crippen LogP contribution is -2.51. The van der Waals surface area contributed by atoms with Crippen LogP contribution in [0.3, 0.4) is 0 Å². The molecule has 2 fully saturated rings. The average molecular weight is 267 g/mol. The van der Waals surface area contributed by atoms with Gasteiger partial charge >= 0.3 is 0 Å². The molecule has 1 amide bonds. The number of nitrogens with zero attached hydrogens (tertiary/aromatic N) is 2. The first kappa shape index (κ1) is 14.8. The molecule has 2 N–H and O–H groups in total. The van der Waals surface area contributed by atoms with Gasteiger partial charge in [-0.1, -0.05) is 19.8 Å². The zero-order chi connectivity index (χ0) is 13.7. The number of carbonyl (C=O) groups excluding carboxylic acids is 1. The van der Waals surface area contributed by atoms with Crippen molar-refractivity contribution in [2.24, 2.45) is 11.7 Å². The van der Waals surface area contributed by atoms with Gasteiger partial charge in [-0.3, -0.25) is 9.69 Å². The molecule has 4 heteroatoms. The Morgan fingerprint density at radius 1 is 1.21 bits per heavy atom. The highest BCUT2D eigenvalue weighted by Gasteiger charge is 2.27. The van der Waals surface area contributed by atoms with Crippen molar-refractivity contribution in [2.45, 2.75) is 51.5 Å². The van der Waals surface area contributed by atoms with Gasteiger partial charge in [0, 0.05) is 38.6 Å². The second kappa shape index (κ2) is 7.25. The molecule has 0 spiro atoms. The minimum Gasteiger partial charge on any atom is -0.340 e. The van der Waals surface area contributed by atoms with Crippen LogP contribution < -0.4 is 5.73 Å². The number of rotatable bonds is 5. The summed E-state index contributed by atoms with van der Waals surface area (Å²) in [7, 11) is 0. The van der Waals surface area contributed by atoms with Gasteiger partial charge in [0.2, 0.25) is 5.91 Å². The highest BCUT2D eigenvalue weighted by molar-refractivity contribution is 5.76. The molecule has 1 saturated heterocycles. The van der Waals surface area contributed by atoms with Crippen molar-refractivity contribution < 1.29 is 4.79 Å². The topological polar surface area (TPSA) is 49.6 Å². The van der Waals surface area contributed by atoms with Crippen molar-refractivity contribution in [1.82, 2.24) is 9.80 Å². The SMILES string of the molecule is CC(CN)CCC(=O)N1CCN(C2CCCC2)CC1. The second-order valence-electron chi connectivity index (χ2n) is 6.23. The third-order valence-corrected chi connectivity index (χ3v) is 4.76. The van der Waals surface area contributed by atoms with Crippen LogP contribution in [-0.2, 0) is 4.79 Å². The third kappa shape index (κ3) is 4.18. The molecule has 110 valence electrons. The summed E-state index contributed by atoms with van der Waals surface area (Å²) < 4.78 is 0. The van der Waals surface area contributed by atoms with Gasteiger partial charge in [0.15, 0.2) is 0 Å². The molecule has 1 saturated carbocycles. The molecule has 2 aliphatic rings. The lowest BCUT2D eigenvalue weighted by atomic mass is 10.1. The fourth-order valence-corrected chi connectivity index (χ4v) is 3.25. The van der Waals surface area contributed by atoms with Gasteiger partial charge in [0.25, 0.3) is 0 Å². The summed E-state index contributed by atoms with van der Waals surface area (Å²) in [6.45, 7) is 6.79. The normalized spacial score (nSPS) is 23.8. The minimum atomic E-state index is 0.325. The summed E-state index contributed by atoms with van der Waals surface area (Å²) in [5.41, 5.74) is 5.59. The maximum atomic E-state index is 12.1. The van der Waals surface area contributed by atoms with Crippen molar-refractivity contribution in [3.8, 4) is 0 Å². The van der Waals surface area contributed by atoms with Gasteiger partial charge in [-0.15, -0.1) is 0 Å². The summed E-state index contributed by atoms with van der Waals surface area (Å²) in [5.74, 6) is 0.787. The fraction of sp³-hybridized carbons (Fsp3) is 0.933. The van der Waals surface area contributed by atoms with E-state index < -0.39 is 0 Å². The molecule has 1 unspecified atom stereocenters. The largest absolute Gasteiger partial charge is 0.340 e. The van der Waals surface area contributed by atoms with Crippen LogP contribution in [0.15, 0.2) is 0 Å². The smallest absolute Gasteiger partial charge is 0.222 e. The van der Waals surface area contributed by atoms with Crippen LogP contribution in [0.25, 0.3) is 0 Å². The Morgan fingerprint density at radius 3 is 2.42 bits per heavy atom. The second-order valence-corrected chi connectivity index (χ2v) is 6.23. The molecule has 1 atom stereocenters. The summed E-state index contributed by atoms with van der Waals surface area (Å²) in [4.78, 5) is 16.8. The van der Waals surface area contributed by atoms with Crippen LogP contribution in [0.5, 0.6) is 0 Å². The minimum absolute atomic E-state index is 0.325. The molecule has 0 aromatic carbocycles. The van der Waals surface area contributed by atoms with Crippen molar-refractivity contribution in [1.29, 1.82) is 0 Å². The van der Waals surface area contributed by atoms with Crippen LogP contribution in [0, 0.1) is 5.92 Å². The van der Waals surface area contributed by atoms with Gasteiger partial charge in [-0.05, 0) is 31.7 Å². The first-order valence-electron chi connectivity index (χ1n) is 7.92. The third-order valence-electron chi connectivity index (χ3n) is 4.76. The number of carbonyl (C=O) groups is 1. The average Bonchev–Trinajstić information content (AvgIpc) is 2.98. The number of amides is 1. The molecule has 0 radical (unpaired) electrons. The molecule has 2 rings (SSSR count). The predicted molar refractivity (Wildman–Crippen MR) is 77.9 cm³/mol. The summed E-state index contributed by atoms with van der Waals surface area (Å²) in [5, 5.41) is 0. The number of hydrogen-bond donors (Lipinski definition) is 1. The Morgan fingerprint density at radius 2 is 1.84 bits per heavy atom. The summed E-state index contributed by atoms with van der Waals surface area (Å²) >= 11 is 0. The van der Waals surface area contributed by atoms with Gasteiger partial charge in [0.05, 0.1) is 0 Å². The monoisotopic (exact) mass is 267 g/mol. The maximum absolute atomic E-state index is 12.1. The highest BCUT2D eigenvalue weighted by atomic mass is 16.2. The summed E-state index contributed by atoms with van der Waals surface area (Å²) in [6.07, 6.45) is 7.10. The van der Waals surface area contributed by atoms with E-state index in [1.54, 1.807) is 0 Å². The van der Waals surface area contributed by atoms with Crippen LogP contribution in [0.1, 0.15) is 45.4 Å². The van der Waals surface area contributed by atoms with Crippen molar-refractivity contribution >= 4 is 5.91 Å². The first-order chi connectivity index (χ1) is 9.20. The van der Waals surface area contributed by atoms with Crippen LogP contribution in [-0.4, -0.2) is 54.5 Å². The van der Waals surface area contributed by atoms with E-state index in [0.29, 0.717) is 24.8 Å². The van der Waals surface area contributed by atoms with Crippen molar-refractivity contribution in [3.63, 3.8) is 0 Å². The zero-order valence-electron chi connectivity index (χ0n) is 12.3. The van der Waals surface area contributed by atoms with Gasteiger partial charge in [-0.2, -0.15) is 0 Å². The maximum Gasteiger partial charge on any atom is 0.222 e. The molecular formula is C15H29N3O. The molecule has 4 nitrogen and oxygen atoms in total. The van der Waals surface area contributed by atoms with E-state index in [4.69, 9.17) is 5.73 Å². The van der Waals surface area contributed by atoms with E-state index in [9.17, 15) is 4.79 Å². The quantitative estimate of drug-likeness (QED) is 0.820. The highest BCUT2D eigenvalue weighted by Crippen LogP contribution is 2.24.